The van der Waals surface area contributed by atoms with Gasteiger partial charge < -0.3 is 9.64 Å². The summed E-state index contributed by atoms with van der Waals surface area (Å²) in [6.45, 7) is 3.50. The van der Waals surface area contributed by atoms with E-state index < -0.39 is 5.60 Å². The number of piperidine rings is 1. The summed E-state index contributed by atoms with van der Waals surface area (Å²) in [7, 11) is 0. The predicted molar refractivity (Wildman–Crippen MR) is 94.9 cm³/mol. The van der Waals surface area contributed by atoms with Crippen LogP contribution in [0, 0.1) is 6.92 Å². The van der Waals surface area contributed by atoms with Crippen molar-refractivity contribution in [2.75, 3.05) is 18.0 Å². The van der Waals surface area contributed by atoms with E-state index in [1.54, 1.807) is 23.5 Å². The van der Waals surface area contributed by atoms with Crippen molar-refractivity contribution < 1.29 is 9.53 Å². The van der Waals surface area contributed by atoms with Crippen molar-refractivity contribution >= 4 is 45.5 Å². The van der Waals surface area contributed by atoms with Gasteiger partial charge in [-0.3, -0.25) is 4.79 Å². The van der Waals surface area contributed by atoms with E-state index >= 15 is 0 Å². The van der Waals surface area contributed by atoms with Crippen LogP contribution < -0.4 is 9.64 Å². The van der Waals surface area contributed by atoms with E-state index in [9.17, 15) is 4.79 Å². The average Bonchev–Trinajstić information content (AvgIpc) is 2.96. The molecule has 2 aliphatic rings. The topological polar surface area (TPSA) is 55.3 Å². The Bertz CT molecular complexity index is 816. The molecule has 2 aliphatic heterocycles. The van der Waals surface area contributed by atoms with Crippen molar-refractivity contribution in [1.82, 2.24) is 10.2 Å². The summed E-state index contributed by atoms with van der Waals surface area (Å²) in [4.78, 5) is 14.8. The van der Waals surface area contributed by atoms with Crippen LogP contribution in [-0.4, -0.2) is 34.7 Å². The summed E-state index contributed by atoms with van der Waals surface area (Å²) < 4.78 is 6.24. The number of benzene rings is 1. The minimum Gasteiger partial charge on any atom is -0.484 e. The number of hydrogen-bond donors (Lipinski definition) is 0. The number of carbonyl (C=O) groups is 1. The summed E-state index contributed by atoms with van der Waals surface area (Å²) in [5, 5.41) is 11.0. The summed E-state index contributed by atoms with van der Waals surface area (Å²) in [5.41, 5.74) is -0.00192. The van der Waals surface area contributed by atoms with E-state index in [0.717, 1.165) is 36.1 Å². The lowest BCUT2D eigenvalue weighted by Gasteiger charge is -2.44. The second-order valence-corrected chi connectivity index (χ2v) is 8.24. The van der Waals surface area contributed by atoms with Crippen LogP contribution in [0.3, 0.4) is 0 Å². The predicted octanol–water partition coefficient (Wildman–Crippen LogP) is 4.16. The lowest BCUT2D eigenvalue weighted by atomic mass is 9.82. The fourth-order valence-corrected chi connectivity index (χ4v) is 4.58. The van der Waals surface area contributed by atoms with Crippen LogP contribution in [0.25, 0.3) is 0 Å². The Hall–Kier alpha value is -1.37. The Kier molecular flexibility index (Phi) is 3.94. The minimum atomic E-state index is -0.488. The second kappa shape index (κ2) is 5.86. The molecule has 0 saturated carbocycles. The highest BCUT2D eigenvalue weighted by Gasteiger charge is 2.44. The minimum absolute atomic E-state index is 0.0425. The van der Waals surface area contributed by atoms with Gasteiger partial charge in [-0.1, -0.05) is 34.5 Å². The molecule has 5 nitrogen and oxygen atoms in total. The van der Waals surface area contributed by atoms with Crippen molar-refractivity contribution in [3.63, 3.8) is 0 Å². The summed E-state index contributed by atoms with van der Waals surface area (Å²) in [6, 6.07) is 3.25. The van der Waals surface area contributed by atoms with E-state index in [-0.39, 0.29) is 5.78 Å². The zero-order chi connectivity index (χ0) is 16.9. The number of aryl methyl sites for hydroxylation is 1. The number of fused-ring (bicyclic) bond motifs is 1. The molecule has 0 amide bonds. The quantitative estimate of drug-likeness (QED) is 0.739. The van der Waals surface area contributed by atoms with Gasteiger partial charge in [-0.05, 0) is 19.1 Å². The molecule has 24 heavy (non-hydrogen) atoms. The molecule has 1 saturated heterocycles. The number of ether oxygens (including phenoxy) is 1. The molecular formula is C16H15Cl2N3O2S. The fourth-order valence-electron chi connectivity index (χ4n) is 3.31. The molecule has 1 aromatic carbocycles. The number of Topliss-reactive ketones (excluding diaryl/α,β-unsaturated/α-hetero) is 1. The Morgan fingerprint density at radius 3 is 2.67 bits per heavy atom. The molecule has 3 heterocycles. The van der Waals surface area contributed by atoms with Gasteiger partial charge in [0.1, 0.15) is 16.4 Å². The van der Waals surface area contributed by atoms with Crippen LogP contribution in [0.2, 0.25) is 10.0 Å². The van der Waals surface area contributed by atoms with Crippen LogP contribution in [0.4, 0.5) is 5.13 Å². The smallest absolute Gasteiger partial charge is 0.208 e. The number of carbonyl (C=O) groups excluding carboxylic acids is 1. The normalized spacial score (nSPS) is 19.3. The van der Waals surface area contributed by atoms with E-state index in [0.29, 0.717) is 27.8 Å². The van der Waals surface area contributed by atoms with E-state index in [1.165, 1.54) is 0 Å². The maximum atomic E-state index is 12.6. The molecule has 1 aromatic heterocycles. The Balaban J connectivity index is 1.57. The van der Waals surface area contributed by atoms with Crippen molar-refractivity contribution in [2.45, 2.75) is 31.8 Å². The van der Waals surface area contributed by atoms with Crippen LogP contribution in [0.1, 0.15) is 34.6 Å². The first-order chi connectivity index (χ1) is 11.5. The molecule has 2 aromatic rings. The van der Waals surface area contributed by atoms with Crippen LogP contribution in [0.15, 0.2) is 12.1 Å². The number of aromatic nitrogens is 2. The average molecular weight is 384 g/mol. The van der Waals surface area contributed by atoms with Crippen LogP contribution >= 0.6 is 34.5 Å². The molecule has 0 unspecified atom stereocenters. The van der Waals surface area contributed by atoms with Crippen molar-refractivity contribution in [3.05, 3.63) is 32.7 Å². The molecule has 4 rings (SSSR count). The molecule has 8 heteroatoms. The van der Waals surface area contributed by atoms with Gasteiger partial charge in [-0.15, -0.1) is 10.2 Å². The standard InChI is InChI=1S/C16H15Cl2N3O2S/c1-9-19-20-15(24-9)21-4-2-16(3-5-21)8-13(22)11-6-10(17)7-12(18)14(11)23-16/h6-7H,2-5,8H2,1H3. The number of anilines is 1. The lowest BCUT2D eigenvalue weighted by Crippen LogP contribution is -2.51. The first-order valence-electron chi connectivity index (χ1n) is 7.72. The van der Waals surface area contributed by atoms with E-state index in [1.807, 2.05) is 6.92 Å². The molecule has 0 bridgehead atoms. The van der Waals surface area contributed by atoms with Gasteiger partial charge in [-0.25, -0.2) is 0 Å². The maximum absolute atomic E-state index is 12.6. The van der Waals surface area contributed by atoms with Crippen LogP contribution in [0.5, 0.6) is 5.75 Å². The zero-order valence-corrected chi connectivity index (χ0v) is 15.3. The Labute approximate surface area is 153 Å². The van der Waals surface area contributed by atoms with E-state index in [4.69, 9.17) is 27.9 Å². The van der Waals surface area contributed by atoms with Crippen molar-refractivity contribution in [3.8, 4) is 5.75 Å². The van der Waals surface area contributed by atoms with Gasteiger partial charge in [-0.2, -0.15) is 0 Å². The van der Waals surface area contributed by atoms with Gasteiger partial charge in [0, 0.05) is 31.0 Å². The number of nitrogens with zero attached hydrogens (tertiary/aromatic N) is 3. The molecule has 126 valence electrons. The second-order valence-electron chi connectivity index (χ2n) is 6.24. The maximum Gasteiger partial charge on any atom is 0.208 e. The number of halogens is 2. The lowest BCUT2D eigenvalue weighted by molar-refractivity contribution is 0.0232. The largest absolute Gasteiger partial charge is 0.484 e. The fraction of sp³-hybridized carbons (Fsp3) is 0.438. The number of hydrogen-bond acceptors (Lipinski definition) is 6. The van der Waals surface area contributed by atoms with Crippen LogP contribution in [-0.2, 0) is 0 Å². The molecule has 0 atom stereocenters. The van der Waals surface area contributed by atoms with Gasteiger partial charge in [0.15, 0.2) is 5.78 Å². The third-order valence-corrected chi connectivity index (χ3v) is 5.97. The molecule has 0 N–H and O–H groups in total. The monoisotopic (exact) mass is 383 g/mol. The van der Waals surface area contributed by atoms with Gasteiger partial charge in [0.25, 0.3) is 0 Å². The third kappa shape index (κ3) is 2.76. The molecule has 1 spiro atoms. The van der Waals surface area contributed by atoms with Gasteiger partial charge >= 0.3 is 0 Å². The highest BCUT2D eigenvalue weighted by molar-refractivity contribution is 7.15. The zero-order valence-electron chi connectivity index (χ0n) is 13.0. The summed E-state index contributed by atoms with van der Waals surface area (Å²) in [5.74, 6) is 0.512. The van der Waals surface area contributed by atoms with Crippen molar-refractivity contribution in [2.24, 2.45) is 0 Å². The Morgan fingerprint density at radius 2 is 2.00 bits per heavy atom. The number of rotatable bonds is 1. The Morgan fingerprint density at radius 1 is 1.25 bits per heavy atom. The van der Waals surface area contributed by atoms with Crippen molar-refractivity contribution in [1.29, 1.82) is 0 Å². The number of ketones is 1. The first kappa shape index (κ1) is 16.1. The molecule has 1 fully saturated rings. The third-order valence-electron chi connectivity index (χ3n) is 4.57. The molecular weight excluding hydrogens is 369 g/mol. The highest BCUT2D eigenvalue weighted by atomic mass is 35.5. The SMILES string of the molecule is Cc1nnc(N2CCC3(CC2)CC(=O)c2cc(Cl)cc(Cl)c2O3)s1. The molecule has 0 radical (unpaired) electrons. The highest BCUT2D eigenvalue weighted by Crippen LogP contribution is 2.44. The van der Waals surface area contributed by atoms with Gasteiger partial charge in [0.2, 0.25) is 5.13 Å². The summed E-state index contributed by atoms with van der Waals surface area (Å²) >= 11 is 13.8. The van der Waals surface area contributed by atoms with E-state index in [2.05, 4.69) is 15.1 Å². The first-order valence-corrected chi connectivity index (χ1v) is 9.29. The van der Waals surface area contributed by atoms with Gasteiger partial charge in [0.05, 0.1) is 17.0 Å². The summed E-state index contributed by atoms with van der Waals surface area (Å²) in [6.07, 6.45) is 1.85. The molecule has 0 aliphatic carbocycles.